The van der Waals surface area contributed by atoms with Crippen LogP contribution in [0.25, 0.3) is 0 Å². The Hall–Kier alpha value is -0.760. The molecule has 16 heavy (non-hydrogen) atoms. The first-order valence-electron chi connectivity index (χ1n) is 6.00. The average Bonchev–Trinajstić information content (AvgIpc) is 2.28. The fourth-order valence-electron chi connectivity index (χ4n) is 2.11. The van der Waals surface area contributed by atoms with Crippen LogP contribution >= 0.6 is 11.8 Å². The van der Waals surface area contributed by atoms with E-state index in [0.717, 1.165) is 12.8 Å². The lowest BCUT2D eigenvalue weighted by molar-refractivity contribution is -0.117. The highest BCUT2D eigenvalue weighted by molar-refractivity contribution is 7.99. The second kappa shape index (κ2) is 5.53. The summed E-state index contributed by atoms with van der Waals surface area (Å²) in [5.74, 6) is 1.56. The Balaban J connectivity index is 1.97. The van der Waals surface area contributed by atoms with Crippen molar-refractivity contribution in [2.45, 2.75) is 43.9 Å². The van der Waals surface area contributed by atoms with Crippen molar-refractivity contribution in [2.24, 2.45) is 0 Å². The fourth-order valence-corrected chi connectivity index (χ4v) is 3.13. The monoisotopic (exact) mass is 234 g/mol. The van der Waals surface area contributed by atoms with Gasteiger partial charge >= 0.3 is 0 Å². The summed E-state index contributed by atoms with van der Waals surface area (Å²) in [6, 6.07) is 6.81. The fraction of sp³-hybridized carbons (Fsp3) is 0.500. The summed E-state index contributed by atoms with van der Waals surface area (Å²) in [5, 5.41) is 0. The van der Waals surface area contributed by atoms with Gasteiger partial charge in [-0.15, -0.1) is 11.8 Å². The van der Waals surface area contributed by atoms with E-state index in [-0.39, 0.29) is 0 Å². The molecule has 0 unspecified atom stereocenters. The summed E-state index contributed by atoms with van der Waals surface area (Å²) < 4.78 is 0. The average molecular weight is 234 g/mol. The number of carbonyl (C=O) groups excluding carboxylic acids is 1. The van der Waals surface area contributed by atoms with Gasteiger partial charge in [-0.25, -0.2) is 0 Å². The Morgan fingerprint density at radius 2 is 2.31 bits per heavy atom. The summed E-state index contributed by atoms with van der Waals surface area (Å²) in [5.41, 5.74) is 2.90. The minimum Gasteiger partial charge on any atom is -0.300 e. The highest BCUT2D eigenvalue weighted by atomic mass is 32.2. The van der Waals surface area contributed by atoms with Crippen LogP contribution in [-0.4, -0.2) is 11.5 Å². The standard InChI is InChI=1S/C14H18OS/c1-11(15)4-2-5-12-7-8-14-13(10-12)6-3-9-16-14/h7-8,10H,2-6,9H2,1H3. The van der Waals surface area contributed by atoms with Gasteiger partial charge in [0.2, 0.25) is 0 Å². The van der Waals surface area contributed by atoms with Crippen molar-refractivity contribution in [2.75, 3.05) is 5.75 Å². The molecular formula is C14H18OS. The first-order valence-corrected chi connectivity index (χ1v) is 6.98. The van der Waals surface area contributed by atoms with Crippen molar-refractivity contribution in [3.05, 3.63) is 29.3 Å². The van der Waals surface area contributed by atoms with Crippen LogP contribution < -0.4 is 0 Å². The molecule has 0 fully saturated rings. The Bertz CT molecular complexity index is 384. The smallest absolute Gasteiger partial charge is 0.129 e. The van der Waals surface area contributed by atoms with Crippen LogP contribution in [0, 0.1) is 0 Å². The van der Waals surface area contributed by atoms with E-state index in [0.29, 0.717) is 12.2 Å². The van der Waals surface area contributed by atoms with Gasteiger partial charge in [0, 0.05) is 11.3 Å². The molecule has 2 rings (SSSR count). The second-order valence-electron chi connectivity index (χ2n) is 4.45. The molecule has 0 saturated heterocycles. The number of fused-ring (bicyclic) bond motifs is 1. The van der Waals surface area contributed by atoms with E-state index in [4.69, 9.17) is 0 Å². The van der Waals surface area contributed by atoms with E-state index >= 15 is 0 Å². The minimum absolute atomic E-state index is 0.300. The number of aryl methyl sites for hydroxylation is 2. The molecule has 0 saturated carbocycles. The molecule has 2 heteroatoms. The lowest BCUT2D eigenvalue weighted by atomic mass is 10.0. The lowest BCUT2D eigenvalue weighted by Crippen LogP contribution is -2.00. The summed E-state index contributed by atoms with van der Waals surface area (Å²) in [4.78, 5) is 12.3. The van der Waals surface area contributed by atoms with Gasteiger partial charge in [0.1, 0.15) is 5.78 Å². The van der Waals surface area contributed by atoms with Crippen LogP contribution in [0.1, 0.15) is 37.3 Å². The molecule has 0 bridgehead atoms. The van der Waals surface area contributed by atoms with E-state index in [2.05, 4.69) is 18.2 Å². The number of thioether (sulfide) groups is 1. The number of hydrogen-bond donors (Lipinski definition) is 0. The number of Topliss-reactive ketones (excluding diaryl/α,β-unsaturated/α-hetero) is 1. The zero-order valence-electron chi connectivity index (χ0n) is 9.79. The molecule has 1 aliphatic rings. The Morgan fingerprint density at radius 3 is 3.12 bits per heavy atom. The molecule has 0 radical (unpaired) electrons. The molecular weight excluding hydrogens is 216 g/mol. The Labute approximate surface area is 102 Å². The molecule has 1 nitrogen and oxygen atoms in total. The topological polar surface area (TPSA) is 17.1 Å². The van der Waals surface area contributed by atoms with Gasteiger partial charge in [-0.2, -0.15) is 0 Å². The van der Waals surface area contributed by atoms with E-state index in [9.17, 15) is 4.79 Å². The summed E-state index contributed by atoms with van der Waals surface area (Å²) >= 11 is 1.97. The molecule has 0 spiro atoms. The maximum absolute atomic E-state index is 10.9. The van der Waals surface area contributed by atoms with Crippen molar-refractivity contribution >= 4 is 17.5 Å². The predicted molar refractivity (Wildman–Crippen MR) is 69.1 cm³/mol. The van der Waals surface area contributed by atoms with Crippen LogP contribution in [0.2, 0.25) is 0 Å². The number of rotatable bonds is 4. The van der Waals surface area contributed by atoms with Gasteiger partial charge in [0.15, 0.2) is 0 Å². The van der Waals surface area contributed by atoms with Gasteiger partial charge in [0.05, 0.1) is 0 Å². The van der Waals surface area contributed by atoms with Gasteiger partial charge in [0.25, 0.3) is 0 Å². The van der Waals surface area contributed by atoms with Crippen molar-refractivity contribution in [3.8, 4) is 0 Å². The summed E-state index contributed by atoms with van der Waals surface area (Å²) in [6.07, 6.45) is 5.27. The van der Waals surface area contributed by atoms with Crippen LogP contribution in [-0.2, 0) is 17.6 Å². The quantitative estimate of drug-likeness (QED) is 0.791. The Morgan fingerprint density at radius 1 is 1.44 bits per heavy atom. The predicted octanol–water partition coefficient (Wildman–Crippen LogP) is 3.64. The van der Waals surface area contributed by atoms with Crippen molar-refractivity contribution in [1.82, 2.24) is 0 Å². The van der Waals surface area contributed by atoms with Crippen LogP contribution in [0.15, 0.2) is 23.1 Å². The van der Waals surface area contributed by atoms with Gasteiger partial charge in [-0.05, 0) is 55.6 Å². The van der Waals surface area contributed by atoms with Crippen molar-refractivity contribution in [1.29, 1.82) is 0 Å². The van der Waals surface area contributed by atoms with Gasteiger partial charge in [-0.3, -0.25) is 0 Å². The van der Waals surface area contributed by atoms with Gasteiger partial charge in [-0.1, -0.05) is 12.1 Å². The summed E-state index contributed by atoms with van der Waals surface area (Å²) in [7, 11) is 0. The molecule has 0 atom stereocenters. The highest BCUT2D eigenvalue weighted by Gasteiger charge is 2.09. The van der Waals surface area contributed by atoms with Crippen LogP contribution in [0.5, 0.6) is 0 Å². The number of carbonyl (C=O) groups is 1. The largest absolute Gasteiger partial charge is 0.300 e. The molecule has 0 amide bonds. The van der Waals surface area contributed by atoms with E-state index in [1.165, 1.54) is 34.6 Å². The van der Waals surface area contributed by atoms with E-state index in [1.54, 1.807) is 6.92 Å². The maximum atomic E-state index is 10.9. The first-order chi connectivity index (χ1) is 7.75. The normalized spacial score (nSPS) is 14.6. The molecule has 1 aromatic rings. The highest BCUT2D eigenvalue weighted by Crippen LogP contribution is 2.30. The molecule has 1 aromatic carbocycles. The van der Waals surface area contributed by atoms with Crippen LogP contribution in [0.4, 0.5) is 0 Å². The molecule has 0 N–H and O–H groups in total. The molecule has 0 aliphatic carbocycles. The second-order valence-corrected chi connectivity index (χ2v) is 5.59. The number of hydrogen-bond acceptors (Lipinski definition) is 2. The van der Waals surface area contributed by atoms with E-state index < -0.39 is 0 Å². The number of ketones is 1. The SMILES string of the molecule is CC(=O)CCCc1ccc2c(c1)CCCS2. The minimum atomic E-state index is 0.300. The Kier molecular flexibility index (Phi) is 4.05. The first kappa shape index (κ1) is 11.7. The van der Waals surface area contributed by atoms with Crippen molar-refractivity contribution < 1.29 is 4.79 Å². The third-order valence-corrected chi connectivity index (χ3v) is 4.17. The zero-order valence-corrected chi connectivity index (χ0v) is 10.6. The van der Waals surface area contributed by atoms with E-state index in [1.807, 2.05) is 11.8 Å². The third kappa shape index (κ3) is 3.11. The number of benzene rings is 1. The third-order valence-electron chi connectivity index (χ3n) is 2.97. The molecule has 0 aromatic heterocycles. The van der Waals surface area contributed by atoms with Gasteiger partial charge < -0.3 is 4.79 Å². The molecule has 86 valence electrons. The maximum Gasteiger partial charge on any atom is 0.129 e. The molecule has 1 heterocycles. The summed E-state index contributed by atoms with van der Waals surface area (Å²) in [6.45, 7) is 1.67. The van der Waals surface area contributed by atoms with Crippen molar-refractivity contribution in [3.63, 3.8) is 0 Å². The zero-order chi connectivity index (χ0) is 11.4. The van der Waals surface area contributed by atoms with Crippen LogP contribution in [0.3, 0.4) is 0 Å². The molecule has 1 aliphatic heterocycles. The lowest BCUT2D eigenvalue weighted by Gasteiger charge is -2.15.